The summed E-state index contributed by atoms with van der Waals surface area (Å²) < 4.78 is 11.3. The third-order valence-electron chi connectivity index (χ3n) is 13.3. The molecule has 0 saturated carbocycles. The van der Waals surface area contributed by atoms with Gasteiger partial charge in [-0.3, -0.25) is 4.79 Å². The van der Waals surface area contributed by atoms with Gasteiger partial charge >= 0.3 is 0 Å². The van der Waals surface area contributed by atoms with E-state index in [0.29, 0.717) is 6.42 Å². The zero-order chi connectivity index (χ0) is 53.6. The van der Waals surface area contributed by atoms with Crippen molar-refractivity contribution in [1.82, 2.24) is 5.32 Å². The minimum atomic E-state index is -1.59. The monoisotopic (exact) mass is 1030 g/mol. The van der Waals surface area contributed by atoms with Crippen molar-refractivity contribution >= 4 is 5.91 Å². The molecule has 0 spiro atoms. The number of aliphatic hydroxyl groups is 5. The number of hydrogen-bond acceptors (Lipinski definition) is 8. The first-order valence-electron chi connectivity index (χ1n) is 29.8. The lowest BCUT2D eigenvalue weighted by Crippen LogP contribution is -2.60. The summed E-state index contributed by atoms with van der Waals surface area (Å²) in [4.78, 5) is 13.0. The number of nitrogens with one attached hydrogen (secondary N) is 1. The molecule has 9 heteroatoms. The topological polar surface area (TPSA) is 149 Å². The van der Waals surface area contributed by atoms with Crippen LogP contribution in [0.2, 0.25) is 0 Å². The lowest BCUT2D eigenvalue weighted by atomic mass is 9.99. The molecular weight excluding hydrogens is 923 g/mol. The molecule has 6 N–H and O–H groups in total. The van der Waals surface area contributed by atoms with E-state index in [1.54, 1.807) is 6.08 Å². The molecule has 0 aromatic carbocycles. The van der Waals surface area contributed by atoms with Gasteiger partial charge in [0.25, 0.3) is 0 Å². The van der Waals surface area contributed by atoms with E-state index in [1.807, 2.05) is 6.08 Å². The summed E-state index contributed by atoms with van der Waals surface area (Å²) in [6, 6.07) is -0.846. The Labute approximate surface area is 452 Å². The van der Waals surface area contributed by atoms with E-state index in [4.69, 9.17) is 9.47 Å². The zero-order valence-corrected chi connectivity index (χ0v) is 46.8. The van der Waals surface area contributed by atoms with E-state index in [0.717, 1.165) is 83.5 Å². The summed E-state index contributed by atoms with van der Waals surface area (Å²) in [5.74, 6) is -0.238. The standard InChI is InChI=1S/C65H109NO8/c1-3-5-7-9-11-13-15-17-19-21-23-25-27-28-29-30-31-32-33-35-37-39-41-43-45-47-49-51-53-55-61(69)66-58(57-73-65-64(72)63(71)62(70)60(56-67)74-65)59(68)54-52-50-48-46-44-42-40-38-36-34-26-24-22-20-18-16-14-12-10-8-6-4-2/h5,7,11,13,17,19,23,25,28-29,31-32,35,37,41,43,47,49,52,54,58-60,62-65,67-68,70-72H,3-4,6,8-10,12,14-16,18,20-22,24,26-27,30,33-34,36,38-40,42,44-46,48,50-51,53,55-57H2,1-2H3,(H,66,69)/b7-5-,13-11-,19-17-,25-23-,29-28-,32-31-,37-35-,43-41-,49-47-,54-52+. The molecule has 1 aliphatic heterocycles. The molecule has 1 fully saturated rings. The first-order valence-corrected chi connectivity index (χ1v) is 29.8. The maximum Gasteiger partial charge on any atom is 0.220 e. The number of carbonyl (C=O) groups is 1. The second-order valence-electron chi connectivity index (χ2n) is 20.1. The molecule has 1 rings (SSSR count). The van der Waals surface area contributed by atoms with Crippen molar-refractivity contribution in [1.29, 1.82) is 0 Å². The van der Waals surface area contributed by atoms with Crippen LogP contribution in [0.4, 0.5) is 0 Å². The molecule has 1 aliphatic rings. The first kappa shape index (κ1) is 68.6. The molecule has 9 nitrogen and oxygen atoms in total. The summed E-state index contributed by atoms with van der Waals surface area (Å²) >= 11 is 0. The van der Waals surface area contributed by atoms with E-state index in [9.17, 15) is 30.3 Å². The highest BCUT2D eigenvalue weighted by molar-refractivity contribution is 5.76. The Kier molecular flexibility index (Phi) is 49.1. The largest absolute Gasteiger partial charge is 0.394 e. The third-order valence-corrected chi connectivity index (χ3v) is 13.3. The van der Waals surface area contributed by atoms with Gasteiger partial charge in [-0.15, -0.1) is 0 Å². The molecule has 0 radical (unpaired) electrons. The zero-order valence-electron chi connectivity index (χ0n) is 46.8. The van der Waals surface area contributed by atoms with Crippen LogP contribution in [0, 0.1) is 0 Å². The van der Waals surface area contributed by atoms with Crippen LogP contribution in [0.25, 0.3) is 0 Å². The molecule has 0 aromatic rings. The highest BCUT2D eigenvalue weighted by Crippen LogP contribution is 2.23. The number of rotatable bonds is 49. The molecule has 7 atom stereocenters. The van der Waals surface area contributed by atoms with Crippen molar-refractivity contribution in [2.75, 3.05) is 13.2 Å². The fourth-order valence-corrected chi connectivity index (χ4v) is 8.63. The van der Waals surface area contributed by atoms with Gasteiger partial charge in [-0.2, -0.15) is 0 Å². The molecule has 74 heavy (non-hydrogen) atoms. The second-order valence-corrected chi connectivity index (χ2v) is 20.1. The van der Waals surface area contributed by atoms with Gasteiger partial charge < -0.3 is 40.3 Å². The number of carbonyl (C=O) groups excluding carboxylic acids is 1. The number of aliphatic hydroxyl groups excluding tert-OH is 5. The van der Waals surface area contributed by atoms with Crippen molar-refractivity contribution in [3.8, 4) is 0 Å². The number of unbranched alkanes of at least 4 members (excludes halogenated alkanes) is 21. The van der Waals surface area contributed by atoms with Crippen LogP contribution in [0.1, 0.15) is 226 Å². The van der Waals surface area contributed by atoms with Gasteiger partial charge in [0.05, 0.1) is 25.4 Å². The van der Waals surface area contributed by atoms with Gasteiger partial charge in [0.1, 0.15) is 24.4 Å². The predicted octanol–water partition coefficient (Wildman–Crippen LogP) is 15.1. The van der Waals surface area contributed by atoms with Crippen LogP contribution in [0.5, 0.6) is 0 Å². The maximum absolute atomic E-state index is 13.0. The van der Waals surface area contributed by atoms with Gasteiger partial charge in [0.15, 0.2) is 6.29 Å². The predicted molar refractivity (Wildman–Crippen MR) is 313 cm³/mol. The summed E-state index contributed by atoms with van der Waals surface area (Å²) in [7, 11) is 0. The average molecular weight is 1030 g/mol. The van der Waals surface area contributed by atoms with Crippen LogP contribution in [-0.4, -0.2) is 87.5 Å². The van der Waals surface area contributed by atoms with Crippen molar-refractivity contribution in [3.05, 3.63) is 122 Å². The van der Waals surface area contributed by atoms with Crippen LogP contribution in [0.15, 0.2) is 122 Å². The molecule has 0 aromatic heterocycles. The van der Waals surface area contributed by atoms with Gasteiger partial charge in [0, 0.05) is 6.42 Å². The Hall–Kier alpha value is -3.41. The van der Waals surface area contributed by atoms with E-state index in [1.165, 1.54) is 116 Å². The van der Waals surface area contributed by atoms with Gasteiger partial charge in [-0.05, 0) is 83.5 Å². The average Bonchev–Trinajstić information content (AvgIpc) is 3.40. The summed E-state index contributed by atoms with van der Waals surface area (Å²) in [6.45, 7) is 3.64. The molecule has 1 heterocycles. The van der Waals surface area contributed by atoms with Crippen molar-refractivity contribution in [2.45, 2.75) is 269 Å². The summed E-state index contributed by atoms with van der Waals surface area (Å²) in [5.41, 5.74) is 0. The quantitative estimate of drug-likeness (QED) is 0.0261. The molecule has 7 unspecified atom stereocenters. The third kappa shape index (κ3) is 41.8. The highest BCUT2D eigenvalue weighted by Gasteiger charge is 2.44. The van der Waals surface area contributed by atoms with Crippen LogP contribution < -0.4 is 5.32 Å². The fraction of sp³-hybridized carbons (Fsp3) is 0.677. The number of ether oxygens (including phenoxy) is 2. The lowest BCUT2D eigenvalue weighted by Gasteiger charge is -2.40. The van der Waals surface area contributed by atoms with Crippen molar-refractivity contribution in [3.63, 3.8) is 0 Å². The van der Waals surface area contributed by atoms with E-state index >= 15 is 0 Å². The Morgan fingerprint density at radius 1 is 0.473 bits per heavy atom. The fourth-order valence-electron chi connectivity index (χ4n) is 8.63. The van der Waals surface area contributed by atoms with Crippen LogP contribution in [0.3, 0.4) is 0 Å². The summed E-state index contributed by atoms with van der Waals surface area (Å²) in [5, 5.41) is 54.5. The van der Waals surface area contributed by atoms with Crippen LogP contribution in [-0.2, 0) is 14.3 Å². The molecule has 0 bridgehead atoms. The maximum atomic E-state index is 13.0. The number of allylic oxidation sites excluding steroid dienone is 19. The molecule has 1 saturated heterocycles. The smallest absolute Gasteiger partial charge is 0.220 e. The Balaban J connectivity index is 2.30. The SMILES string of the molecule is CC/C=C\C/C=C\C/C=C\C/C=C\C/C=C\C/C=C\C/C=C\C/C=C\C/C=C\CCCC(=O)NC(COC1OC(CO)C(O)C(O)C1O)C(O)/C=C/CCCCCCCCCCCCCCCCCCCCCC. The van der Waals surface area contributed by atoms with Gasteiger partial charge in [-0.1, -0.05) is 257 Å². The van der Waals surface area contributed by atoms with E-state index in [-0.39, 0.29) is 18.9 Å². The molecule has 422 valence electrons. The number of amides is 1. The number of hydrogen-bond donors (Lipinski definition) is 6. The normalized spacial score (nSPS) is 19.9. The highest BCUT2D eigenvalue weighted by atomic mass is 16.7. The van der Waals surface area contributed by atoms with Crippen LogP contribution >= 0.6 is 0 Å². The van der Waals surface area contributed by atoms with E-state index in [2.05, 4.69) is 129 Å². The van der Waals surface area contributed by atoms with Crippen molar-refractivity contribution in [2.24, 2.45) is 0 Å². The van der Waals surface area contributed by atoms with Gasteiger partial charge in [0.2, 0.25) is 5.91 Å². The second kappa shape index (κ2) is 53.0. The van der Waals surface area contributed by atoms with Gasteiger partial charge in [-0.25, -0.2) is 0 Å². The molecule has 1 amide bonds. The Morgan fingerprint density at radius 3 is 1.23 bits per heavy atom. The van der Waals surface area contributed by atoms with Crippen molar-refractivity contribution < 1.29 is 39.8 Å². The lowest BCUT2D eigenvalue weighted by molar-refractivity contribution is -0.302. The Bertz CT molecular complexity index is 1570. The Morgan fingerprint density at radius 2 is 0.838 bits per heavy atom. The minimum Gasteiger partial charge on any atom is -0.394 e. The van der Waals surface area contributed by atoms with E-state index < -0.39 is 49.5 Å². The first-order chi connectivity index (χ1) is 36.3. The molecular formula is C65H109NO8. The summed E-state index contributed by atoms with van der Waals surface area (Å²) in [6.07, 6.45) is 72.6. The minimum absolute atomic E-state index is 0.219. The molecule has 0 aliphatic carbocycles.